The van der Waals surface area contributed by atoms with Gasteiger partial charge in [-0.15, -0.1) is 0 Å². The average Bonchev–Trinajstić information content (AvgIpc) is 2.38. The fourth-order valence-electron chi connectivity index (χ4n) is 2.29. The summed E-state index contributed by atoms with van der Waals surface area (Å²) >= 11 is 0. The molecule has 2 N–H and O–H groups in total. The summed E-state index contributed by atoms with van der Waals surface area (Å²) < 4.78 is 5.26. The quantitative estimate of drug-likeness (QED) is 0.821. The molecule has 106 valence electrons. The maximum Gasteiger partial charge on any atom is 0.252 e. The maximum atomic E-state index is 11.5. The summed E-state index contributed by atoms with van der Waals surface area (Å²) in [7, 11) is 1.84. The molecular formula is C13H21N3O3. The Kier molecular flexibility index (Phi) is 4.21. The van der Waals surface area contributed by atoms with Gasteiger partial charge in [-0.2, -0.15) is 0 Å². The van der Waals surface area contributed by atoms with Crippen LogP contribution in [0.4, 0.5) is 5.82 Å². The van der Waals surface area contributed by atoms with Crippen LogP contribution in [0.25, 0.3) is 0 Å². The highest BCUT2D eigenvalue weighted by molar-refractivity contribution is 5.37. The molecule has 1 aliphatic heterocycles. The lowest BCUT2D eigenvalue weighted by Crippen LogP contribution is -2.46. The molecule has 0 unspecified atom stereocenters. The van der Waals surface area contributed by atoms with Crippen molar-refractivity contribution in [2.24, 2.45) is 0 Å². The zero-order chi connectivity index (χ0) is 13.9. The first-order valence-corrected chi connectivity index (χ1v) is 6.64. The Balaban J connectivity index is 2.12. The first-order valence-electron chi connectivity index (χ1n) is 6.64. The number of aliphatic hydroxyl groups is 1. The largest absolute Gasteiger partial charge is 0.388 e. The van der Waals surface area contributed by atoms with Crippen LogP contribution in [0.1, 0.15) is 25.6 Å². The van der Waals surface area contributed by atoms with Crippen molar-refractivity contribution in [1.29, 1.82) is 0 Å². The number of ether oxygens (including phenoxy) is 1. The third-order valence-electron chi connectivity index (χ3n) is 3.46. The Bertz CT molecular complexity index is 480. The zero-order valence-corrected chi connectivity index (χ0v) is 11.5. The number of H-pyrrole nitrogens is 1. The normalized spacial score (nSPS) is 18.3. The fraction of sp³-hybridized carbons (Fsp3) is 0.692. The predicted molar refractivity (Wildman–Crippen MR) is 72.5 cm³/mol. The highest BCUT2D eigenvalue weighted by atomic mass is 16.5. The van der Waals surface area contributed by atoms with Crippen molar-refractivity contribution in [1.82, 2.24) is 9.97 Å². The number of aromatic nitrogens is 2. The van der Waals surface area contributed by atoms with Crippen LogP contribution < -0.4 is 10.5 Å². The van der Waals surface area contributed by atoms with Gasteiger partial charge in [-0.25, -0.2) is 4.98 Å². The van der Waals surface area contributed by atoms with Gasteiger partial charge in [0.2, 0.25) is 0 Å². The van der Waals surface area contributed by atoms with Gasteiger partial charge in [-0.05, 0) is 0 Å². The number of aryl methyl sites for hydroxylation is 1. The summed E-state index contributed by atoms with van der Waals surface area (Å²) in [6.45, 7) is 3.55. The predicted octanol–water partition coefficient (Wildman–Crippen LogP) is 0.310. The van der Waals surface area contributed by atoms with E-state index in [2.05, 4.69) is 9.97 Å². The van der Waals surface area contributed by atoms with Crippen LogP contribution in [0.2, 0.25) is 0 Å². The highest BCUT2D eigenvalue weighted by Gasteiger charge is 2.31. The molecule has 6 nitrogen and oxygen atoms in total. The standard InChI is InChI=1S/C13H21N3O3/c1-3-10-14-11(8-12(17)15-10)16(2)9-13(18)4-6-19-7-5-13/h8,18H,3-7,9H2,1-2H3,(H,14,15,17). The van der Waals surface area contributed by atoms with Crippen molar-refractivity contribution >= 4 is 5.82 Å². The first-order chi connectivity index (χ1) is 9.02. The van der Waals surface area contributed by atoms with Gasteiger partial charge in [0.05, 0.1) is 5.60 Å². The molecule has 0 aromatic carbocycles. The van der Waals surface area contributed by atoms with E-state index in [1.807, 2.05) is 18.9 Å². The van der Waals surface area contributed by atoms with Gasteiger partial charge < -0.3 is 19.7 Å². The van der Waals surface area contributed by atoms with Crippen LogP contribution >= 0.6 is 0 Å². The molecule has 0 amide bonds. The lowest BCUT2D eigenvalue weighted by atomic mass is 9.94. The van der Waals surface area contributed by atoms with Crippen LogP contribution in [-0.2, 0) is 11.2 Å². The Morgan fingerprint density at radius 2 is 2.21 bits per heavy atom. The van der Waals surface area contributed by atoms with Crippen LogP contribution in [0.5, 0.6) is 0 Å². The van der Waals surface area contributed by atoms with E-state index in [-0.39, 0.29) is 5.56 Å². The third-order valence-corrected chi connectivity index (χ3v) is 3.46. The summed E-state index contributed by atoms with van der Waals surface area (Å²) in [5.41, 5.74) is -0.920. The van der Waals surface area contributed by atoms with Crippen LogP contribution in [0, 0.1) is 0 Å². The molecule has 0 radical (unpaired) electrons. The van der Waals surface area contributed by atoms with E-state index in [4.69, 9.17) is 4.74 Å². The minimum absolute atomic E-state index is 0.160. The molecule has 19 heavy (non-hydrogen) atoms. The molecule has 0 saturated carbocycles. The number of hydrogen-bond donors (Lipinski definition) is 2. The molecule has 1 saturated heterocycles. The second kappa shape index (κ2) is 5.71. The minimum atomic E-state index is -0.760. The van der Waals surface area contributed by atoms with Gasteiger partial charge in [0.25, 0.3) is 5.56 Å². The van der Waals surface area contributed by atoms with E-state index in [1.165, 1.54) is 6.07 Å². The molecule has 0 atom stereocenters. The SMILES string of the molecule is CCc1nc(N(C)CC2(O)CCOCC2)cc(=O)[nH]1. The van der Waals surface area contributed by atoms with Gasteiger partial charge >= 0.3 is 0 Å². The van der Waals surface area contributed by atoms with E-state index in [1.54, 1.807) is 0 Å². The summed E-state index contributed by atoms with van der Waals surface area (Å²) in [4.78, 5) is 20.4. The Morgan fingerprint density at radius 1 is 1.53 bits per heavy atom. The Morgan fingerprint density at radius 3 is 2.84 bits per heavy atom. The van der Waals surface area contributed by atoms with Crippen molar-refractivity contribution in [2.75, 3.05) is 31.7 Å². The van der Waals surface area contributed by atoms with Crippen molar-refractivity contribution in [3.05, 3.63) is 22.2 Å². The third kappa shape index (κ3) is 3.54. The second-order valence-corrected chi connectivity index (χ2v) is 5.10. The summed E-state index contributed by atoms with van der Waals surface area (Å²) in [6.07, 6.45) is 1.90. The second-order valence-electron chi connectivity index (χ2n) is 5.10. The Labute approximate surface area is 112 Å². The number of nitrogens with one attached hydrogen (secondary N) is 1. The molecule has 2 heterocycles. The number of nitrogens with zero attached hydrogens (tertiary/aromatic N) is 2. The van der Waals surface area contributed by atoms with Crippen molar-refractivity contribution in [3.63, 3.8) is 0 Å². The summed E-state index contributed by atoms with van der Waals surface area (Å²) in [6, 6.07) is 1.46. The molecular weight excluding hydrogens is 246 g/mol. The summed E-state index contributed by atoms with van der Waals surface area (Å²) in [5.74, 6) is 1.26. The van der Waals surface area contributed by atoms with Crippen molar-refractivity contribution in [2.45, 2.75) is 31.8 Å². The van der Waals surface area contributed by atoms with E-state index >= 15 is 0 Å². The summed E-state index contributed by atoms with van der Waals surface area (Å²) in [5, 5.41) is 10.5. The van der Waals surface area contributed by atoms with Crippen LogP contribution in [0.3, 0.4) is 0 Å². The number of hydrogen-bond acceptors (Lipinski definition) is 5. The van der Waals surface area contributed by atoms with Crippen molar-refractivity contribution < 1.29 is 9.84 Å². The number of aromatic amines is 1. The first kappa shape index (κ1) is 14.0. The monoisotopic (exact) mass is 267 g/mol. The van der Waals surface area contributed by atoms with Gasteiger partial charge in [0.1, 0.15) is 11.6 Å². The van der Waals surface area contributed by atoms with Gasteiger partial charge in [0.15, 0.2) is 0 Å². The molecule has 6 heteroatoms. The molecule has 2 rings (SSSR count). The van der Waals surface area contributed by atoms with E-state index in [0.29, 0.717) is 50.7 Å². The fourth-order valence-corrected chi connectivity index (χ4v) is 2.29. The van der Waals surface area contributed by atoms with Gasteiger partial charge in [-0.1, -0.05) is 6.92 Å². The Hall–Kier alpha value is -1.40. The van der Waals surface area contributed by atoms with Gasteiger partial charge in [-0.3, -0.25) is 4.79 Å². The lowest BCUT2D eigenvalue weighted by Gasteiger charge is -2.35. The zero-order valence-electron chi connectivity index (χ0n) is 11.5. The molecule has 0 aliphatic carbocycles. The smallest absolute Gasteiger partial charge is 0.252 e. The molecule has 1 aromatic rings. The lowest BCUT2D eigenvalue weighted by molar-refractivity contribution is -0.0573. The van der Waals surface area contributed by atoms with E-state index in [0.717, 1.165) is 0 Å². The van der Waals surface area contributed by atoms with Gasteiger partial charge in [0, 0.05) is 52.1 Å². The van der Waals surface area contributed by atoms with Crippen LogP contribution in [-0.4, -0.2) is 47.5 Å². The van der Waals surface area contributed by atoms with E-state index < -0.39 is 5.60 Å². The topological polar surface area (TPSA) is 78.5 Å². The minimum Gasteiger partial charge on any atom is -0.388 e. The average molecular weight is 267 g/mol. The molecule has 1 aliphatic rings. The van der Waals surface area contributed by atoms with Crippen LogP contribution in [0.15, 0.2) is 10.9 Å². The van der Waals surface area contributed by atoms with E-state index in [9.17, 15) is 9.90 Å². The van der Waals surface area contributed by atoms with Crippen molar-refractivity contribution in [3.8, 4) is 0 Å². The molecule has 1 aromatic heterocycles. The number of anilines is 1. The maximum absolute atomic E-state index is 11.5. The molecule has 0 spiro atoms. The number of likely N-dealkylation sites (N-methyl/N-ethyl adjacent to an activating group) is 1. The molecule has 0 bridgehead atoms. The highest BCUT2D eigenvalue weighted by Crippen LogP contribution is 2.22. The number of rotatable bonds is 4. The molecule has 1 fully saturated rings.